The maximum absolute atomic E-state index is 3.72. The lowest BCUT2D eigenvalue weighted by Gasteiger charge is -2.43. The van der Waals surface area contributed by atoms with Crippen LogP contribution in [0.4, 0.5) is 5.69 Å². The summed E-state index contributed by atoms with van der Waals surface area (Å²) >= 11 is 3.60. The van der Waals surface area contributed by atoms with E-state index in [9.17, 15) is 0 Å². The Morgan fingerprint density at radius 2 is 1.95 bits per heavy atom. The van der Waals surface area contributed by atoms with Gasteiger partial charge in [-0.05, 0) is 49.9 Å². The monoisotopic (exact) mass is 338 g/mol. The molecule has 3 atom stereocenters. The van der Waals surface area contributed by atoms with Crippen molar-refractivity contribution in [1.29, 1.82) is 0 Å². The van der Waals surface area contributed by atoms with Gasteiger partial charge in [0.05, 0.1) is 0 Å². The van der Waals surface area contributed by atoms with Crippen molar-refractivity contribution in [3.8, 4) is 0 Å². The van der Waals surface area contributed by atoms with Gasteiger partial charge in [0.1, 0.15) is 0 Å². The summed E-state index contributed by atoms with van der Waals surface area (Å²) in [4.78, 5) is 2.60. The molecule has 1 aromatic carbocycles. The van der Waals surface area contributed by atoms with Crippen LogP contribution in [0.25, 0.3) is 0 Å². The minimum atomic E-state index is 0.550. The third-order valence-electron chi connectivity index (χ3n) is 4.67. The van der Waals surface area contributed by atoms with Gasteiger partial charge >= 0.3 is 0 Å². The van der Waals surface area contributed by atoms with Crippen molar-refractivity contribution in [2.75, 3.05) is 18.0 Å². The molecule has 2 rings (SSSR count). The first kappa shape index (κ1) is 15.8. The van der Waals surface area contributed by atoms with Crippen LogP contribution in [-0.4, -0.2) is 25.2 Å². The molecule has 1 heterocycles. The zero-order valence-electron chi connectivity index (χ0n) is 13.3. The third kappa shape index (κ3) is 3.20. The number of benzene rings is 1. The topological polar surface area (TPSA) is 15.3 Å². The smallest absolute Gasteiger partial charge is 0.0429 e. The Morgan fingerprint density at radius 3 is 2.50 bits per heavy atom. The van der Waals surface area contributed by atoms with Crippen LogP contribution in [0.5, 0.6) is 0 Å². The maximum atomic E-state index is 3.72. The van der Waals surface area contributed by atoms with Crippen LogP contribution < -0.4 is 10.2 Å². The van der Waals surface area contributed by atoms with E-state index in [1.165, 1.54) is 27.7 Å². The van der Waals surface area contributed by atoms with Crippen LogP contribution in [0.1, 0.15) is 38.3 Å². The van der Waals surface area contributed by atoms with Gasteiger partial charge in [-0.15, -0.1) is 0 Å². The fourth-order valence-electron chi connectivity index (χ4n) is 3.22. The van der Waals surface area contributed by atoms with Crippen molar-refractivity contribution in [2.45, 2.75) is 53.1 Å². The van der Waals surface area contributed by atoms with Crippen molar-refractivity contribution in [3.05, 3.63) is 27.7 Å². The first-order chi connectivity index (χ1) is 9.43. The fourth-order valence-corrected chi connectivity index (χ4v) is 3.91. The number of piperazine rings is 1. The standard InChI is InChI=1S/C17H27BrN2/c1-6-11(2)16-10-20(14(5)9-19-16)17-12(3)7-15(18)8-13(17)4/h7-8,11,14,16,19H,6,9-10H2,1-5H3. The highest BCUT2D eigenvalue weighted by molar-refractivity contribution is 9.10. The molecule has 1 aliphatic heterocycles. The van der Waals surface area contributed by atoms with Gasteiger partial charge in [-0.2, -0.15) is 0 Å². The van der Waals surface area contributed by atoms with Gasteiger partial charge in [-0.1, -0.05) is 36.2 Å². The lowest BCUT2D eigenvalue weighted by Crippen LogP contribution is -2.57. The molecular weight excluding hydrogens is 312 g/mol. The molecule has 0 bridgehead atoms. The summed E-state index contributed by atoms with van der Waals surface area (Å²) in [7, 11) is 0. The summed E-state index contributed by atoms with van der Waals surface area (Å²) in [5.74, 6) is 0.723. The average molecular weight is 339 g/mol. The van der Waals surface area contributed by atoms with Crippen LogP contribution in [0.3, 0.4) is 0 Å². The van der Waals surface area contributed by atoms with Gasteiger partial charge in [-0.3, -0.25) is 0 Å². The lowest BCUT2D eigenvalue weighted by molar-refractivity contribution is 0.315. The van der Waals surface area contributed by atoms with E-state index in [1.54, 1.807) is 0 Å². The van der Waals surface area contributed by atoms with Gasteiger partial charge in [-0.25, -0.2) is 0 Å². The second-order valence-corrected chi connectivity index (χ2v) is 7.21. The summed E-state index contributed by atoms with van der Waals surface area (Å²) in [5.41, 5.74) is 4.16. The van der Waals surface area contributed by atoms with Crippen molar-refractivity contribution < 1.29 is 0 Å². The van der Waals surface area contributed by atoms with Crippen LogP contribution in [0.2, 0.25) is 0 Å². The molecule has 0 spiro atoms. The van der Waals surface area contributed by atoms with Crippen molar-refractivity contribution in [3.63, 3.8) is 0 Å². The molecule has 2 nitrogen and oxygen atoms in total. The number of halogens is 1. The zero-order chi connectivity index (χ0) is 14.9. The van der Waals surface area contributed by atoms with Crippen LogP contribution in [0.15, 0.2) is 16.6 Å². The number of rotatable bonds is 3. The Bertz CT molecular complexity index is 449. The van der Waals surface area contributed by atoms with E-state index >= 15 is 0 Å². The lowest BCUT2D eigenvalue weighted by atomic mass is 9.94. The highest BCUT2D eigenvalue weighted by Crippen LogP contribution is 2.31. The number of anilines is 1. The maximum Gasteiger partial charge on any atom is 0.0429 e. The molecule has 0 saturated carbocycles. The molecule has 1 saturated heterocycles. The van der Waals surface area contributed by atoms with Crippen molar-refractivity contribution >= 4 is 21.6 Å². The number of hydrogen-bond donors (Lipinski definition) is 1. The molecular formula is C17H27BrN2. The molecule has 0 aliphatic carbocycles. The van der Waals surface area contributed by atoms with Crippen molar-refractivity contribution in [1.82, 2.24) is 5.32 Å². The van der Waals surface area contributed by atoms with Crippen molar-refractivity contribution in [2.24, 2.45) is 5.92 Å². The van der Waals surface area contributed by atoms with E-state index in [1.807, 2.05) is 0 Å². The Balaban J connectivity index is 2.30. The number of nitrogens with one attached hydrogen (secondary N) is 1. The van der Waals surface area contributed by atoms with E-state index in [0.29, 0.717) is 12.1 Å². The molecule has 0 radical (unpaired) electrons. The molecule has 1 fully saturated rings. The van der Waals surface area contributed by atoms with E-state index in [-0.39, 0.29) is 0 Å². The molecule has 3 unspecified atom stereocenters. The average Bonchev–Trinajstić information content (AvgIpc) is 2.38. The first-order valence-corrected chi connectivity index (χ1v) is 8.50. The summed E-state index contributed by atoms with van der Waals surface area (Å²) in [5, 5.41) is 3.72. The molecule has 1 aromatic rings. The quantitative estimate of drug-likeness (QED) is 0.884. The molecule has 0 aromatic heterocycles. The molecule has 1 N–H and O–H groups in total. The summed E-state index contributed by atoms with van der Waals surface area (Å²) in [6.07, 6.45) is 1.23. The molecule has 112 valence electrons. The summed E-state index contributed by atoms with van der Waals surface area (Å²) < 4.78 is 1.18. The second-order valence-electron chi connectivity index (χ2n) is 6.29. The Labute approximate surface area is 132 Å². The first-order valence-electron chi connectivity index (χ1n) is 7.70. The highest BCUT2D eigenvalue weighted by atomic mass is 79.9. The van der Waals surface area contributed by atoms with E-state index in [2.05, 4.69) is 72.9 Å². The number of hydrogen-bond acceptors (Lipinski definition) is 2. The van der Waals surface area contributed by atoms with E-state index in [4.69, 9.17) is 0 Å². The highest BCUT2D eigenvalue weighted by Gasteiger charge is 2.29. The van der Waals surface area contributed by atoms with Gasteiger partial charge in [0, 0.05) is 35.3 Å². The summed E-state index contributed by atoms with van der Waals surface area (Å²) in [6.45, 7) is 13.6. The molecule has 0 amide bonds. The van der Waals surface area contributed by atoms with Gasteiger partial charge in [0.15, 0.2) is 0 Å². The number of aryl methyl sites for hydroxylation is 2. The minimum absolute atomic E-state index is 0.550. The normalized spacial score (nSPS) is 24.8. The van der Waals surface area contributed by atoms with E-state index in [0.717, 1.165) is 19.0 Å². The fraction of sp³-hybridized carbons (Fsp3) is 0.647. The number of nitrogens with zero attached hydrogens (tertiary/aromatic N) is 1. The van der Waals surface area contributed by atoms with Crippen LogP contribution >= 0.6 is 15.9 Å². The predicted octanol–water partition coefficient (Wildman–Crippen LogP) is 4.28. The van der Waals surface area contributed by atoms with Gasteiger partial charge in [0.25, 0.3) is 0 Å². The van der Waals surface area contributed by atoms with Gasteiger partial charge < -0.3 is 10.2 Å². The summed E-state index contributed by atoms with van der Waals surface area (Å²) in [6, 6.07) is 5.61. The van der Waals surface area contributed by atoms with E-state index < -0.39 is 0 Å². The Kier molecular flexibility index (Phi) is 5.14. The minimum Gasteiger partial charge on any atom is -0.366 e. The molecule has 20 heavy (non-hydrogen) atoms. The van der Waals surface area contributed by atoms with Gasteiger partial charge in [0.2, 0.25) is 0 Å². The SMILES string of the molecule is CCC(C)C1CN(c2c(C)cc(Br)cc2C)C(C)CN1. The second kappa shape index (κ2) is 6.48. The third-order valence-corrected chi connectivity index (χ3v) is 5.13. The zero-order valence-corrected chi connectivity index (χ0v) is 14.9. The Morgan fingerprint density at radius 1 is 1.35 bits per heavy atom. The predicted molar refractivity (Wildman–Crippen MR) is 91.7 cm³/mol. The Hall–Kier alpha value is -0.540. The van der Waals surface area contributed by atoms with Crippen LogP contribution in [-0.2, 0) is 0 Å². The largest absolute Gasteiger partial charge is 0.366 e. The molecule has 1 aliphatic rings. The molecule has 3 heteroatoms. The van der Waals surface area contributed by atoms with Crippen LogP contribution in [0, 0.1) is 19.8 Å².